The molecule has 0 aliphatic heterocycles. The molecule has 0 saturated heterocycles. The SMILES string of the molecule is Cc1c(C=N)c(=O)oc2ccccc12. The van der Waals surface area contributed by atoms with Crippen LogP contribution < -0.4 is 5.63 Å². The van der Waals surface area contributed by atoms with Crippen LogP contribution >= 0.6 is 0 Å². The lowest BCUT2D eigenvalue weighted by Gasteiger charge is -2.02. The van der Waals surface area contributed by atoms with Gasteiger partial charge in [0.05, 0.1) is 5.56 Å². The third-order valence-electron chi connectivity index (χ3n) is 2.26. The molecule has 0 amide bonds. The van der Waals surface area contributed by atoms with Gasteiger partial charge in [0.15, 0.2) is 0 Å². The van der Waals surface area contributed by atoms with Crippen LogP contribution in [0.1, 0.15) is 11.1 Å². The molecule has 1 aromatic heterocycles. The average Bonchev–Trinajstić information content (AvgIpc) is 2.18. The van der Waals surface area contributed by atoms with E-state index in [2.05, 4.69) is 0 Å². The zero-order valence-electron chi connectivity index (χ0n) is 7.70. The summed E-state index contributed by atoms with van der Waals surface area (Å²) in [5.41, 5.74) is 1.24. The van der Waals surface area contributed by atoms with Gasteiger partial charge in [-0.15, -0.1) is 0 Å². The second kappa shape index (κ2) is 3.10. The van der Waals surface area contributed by atoms with E-state index in [0.29, 0.717) is 11.1 Å². The summed E-state index contributed by atoms with van der Waals surface area (Å²) in [6, 6.07) is 7.32. The Bertz CT molecular complexity index is 555. The first-order chi connectivity index (χ1) is 6.74. The molecule has 1 aromatic carbocycles. The Morgan fingerprint density at radius 2 is 2.07 bits per heavy atom. The summed E-state index contributed by atoms with van der Waals surface area (Å²) in [6.07, 6.45) is 1.04. The lowest BCUT2D eigenvalue weighted by atomic mass is 10.1. The normalized spacial score (nSPS) is 10.4. The minimum Gasteiger partial charge on any atom is -0.422 e. The highest BCUT2D eigenvalue weighted by atomic mass is 16.4. The number of hydrogen-bond donors (Lipinski definition) is 1. The summed E-state index contributed by atoms with van der Waals surface area (Å²) in [7, 11) is 0. The van der Waals surface area contributed by atoms with Crippen LogP contribution in [0.4, 0.5) is 0 Å². The lowest BCUT2D eigenvalue weighted by molar-refractivity contribution is 0.558. The molecule has 0 spiro atoms. The molecule has 70 valence electrons. The molecule has 0 saturated carbocycles. The Hall–Kier alpha value is -1.90. The van der Waals surface area contributed by atoms with E-state index >= 15 is 0 Å². The van der Waals surface area contributed by atoms with E-state index < -0.39 is 5.63 Å². The molecular weight excluding hydrogens is 178 g/mol. The predicted molar refractivity (Wildman–Crippen MR) is 55.1 cm³/mol. The van der Waals surface area contributed by atoms with Crippen molar-refractivity contribution in [3.8, 4) is 0 Å². The molecule has 1 heterocycles. The van der Waals surface area contributed by atoms with Crippen molar-refractivity contribution >= 4 is 17.2 Å². The maximum absolute atomic E-state index is 11.4. The summed E-state index contributed by atoms with van der Waals surface area (Å²) < 4.78 is 5.06. The highest BCUT2D eigenvalue weighted by Gasteiger charge is 2.07. The van der Waals surface area contributed by atoms with Crippen LogP contribution in [0.5, 0.6) is 0 Å². The smallest absolute Gasteiger partial charge is 0.345 e. The summed E-state index contributed by atoms with van der Waals surface area (Å²) in [5.74, 6) is 0. The predicted octanol–water partition coefficient (Wildman–Crippen LogP) is 2.10. The first-order valence-corrected chi connectivity index (χ1v) is 4.27. The molecule has 0 fully saturated rings. The van der Waals surface area contributed by atoms with Crippen molar-refractivity contribution < 1.29 is 4.42 Å². The number of para-hydroxylation sites is 1. The van der Waals surface area contributed by atoms with Crippen molar-refractivity contribution in [3.05, 3.63) is 45.8 Å². The summed E-state index contributed by atoms with van der Waals surface area (Å²) in [4.78, 5) is 11.4. The first-order valence-electron chi connectivity index (χ1n) is 4.27. The van der Waals surface area contributed by atoms with Gasteiger partial charge in [-0.2, -0.15) is 0 Å². The van der Waals surface area contributed by atoms with Crippen LogP contribution in [0.15, 0.2) is 33.5 Å². The van der Waals surface area contributed by atoms with Gasteiger partial charge in [-0.3, -0.25) is 0 Å². The van der Waals surface area contributed by atoms with Crippen molar-refractivity contribution in [2.45, 2.75) is 6.92 Å². The largest absolute Gasteiger partial charge is 0.422 e. The molecule has 0 atom stereocenters. The summed E-state index contributed by atoms with van der Waals surface area (Å²) in [6.45, 7) is 1.82. The number of hydrogen-bond acceptors (Lipinski definition) is 3. The van der Waals surface area contributed by atoms with Crippen molar-refractivity contribution in [2.24, 2.45) is 0 Å². The average molecular weight is 187 g/mol. The Labute approximate surface area is 80.5 Å². The van der Waals surface area contributed by atoms with Crippen LogP contribution in [-0.4, -0.2) is 6.21 Å². The Morgan fingerprint density at radius 3 is 2.79 bits per heavy atom. The van der Waals surface area contributed by atoms with E-state index in [-0.39, 0.29) is 0 Å². The van der Waals surface area contributed by atoms with Crippen LogP contribution in [0.3, 0.4) is 0 Å². The molecule has 0 aliphatic carbocycles. The Morgan fingerprint density at radius 1 is 1.36 bits per heavy atom. The van der Waals surface area contributed by atoms with Crippen molar-refractivity contribution in [1.29, 1.82) is 5.41 Å². The van der Waals surface area contributed by atoms with Gasteiger partial charge in [-0.25, -0.2) is 4.79 Å². The standard InChI is InChI=1S/C11H9NO2/c1-7-8-4-2-3-5-10(8)14-11(13)9(7)6-12/h2-6,12H,1H3. The van der Waals surface area contributed by atoms with Gasteiger partial charge < -0.3 is 9.83 Å². The van der Waals surface area contributed by atoms with Crippen LogP contribution in [0.25, 0.3) is 11.0 Å². The maximum Gasteiger partial charge on any atom is 0.345 e. The van der Waals surface area contributed by atoms with Gasteiger partial charge in [0, 0.05) is 11.6 Å². The minimum atomic E-state index is -0.448. The molecule has 0 bridgehead atoms. The topological polar surface area (TPSA) is 54.1 Å². The van der Waals surface area contributed by atoms with E-state index in [9.17, 15) is 4.79 Å². The fourth-order valence-electron chi connectivity index (χ4n) is 1.49. The van der Waals surface area contributed by atoms with E-state index in [0.717, 1.165) is 17.2 Å². The summed E-state index contributed by atoms with van der Waals surface area (Å²) in [5, 5.41) is 8.00. The molecule has 2 aromatic rings. The molecule has 1 N–H and O–H groups in total. The van der Waals surface area contributed by atoms with Gasteiger partial charge in [0.25, 0.3) is 0 Å². The van der Waals surface area contributed by atoms with Crippen molar-refractivity contribution in [1.82, 2.24) is 0 Å². The molecule has 0 unspecified atom stereocenters. The lowest BCUT2D eigenvalue weighted by Crippen LogP contribution is -2.08. The molecule has 2 rings (SSSR count). The molecule has 3 heteroatoms. The zero-order chi connectivity index (χ0) is 10.1. The highest BCUT2D eigenvalue weighted by Crippen LogP contribution is 2.17. The Balaban J connectivity index is 3.00. The van der Waals surface area contributed by atoms with E-state index in [1.54, 1.807) is 6.07 Å². The van der Waals surface area contributed by atoms with E-state index in [1.807, 2.05) is 25.1 Å². The number of nitrogens with one attached hydrogen (secondary N) is 1. The zero-order valence-corrected chi connectivity index (χ0v) is 7.70. The van der Waals surface area contributed by atoms with Crippen molar-refractivity contribution in [3.63, 3.8) is 0 Å². The minimum absolute atomic E-state index is 0.323. The number of rotatable bonds is 1. The number of fused-ring (bicyclic) bond motifs is 1. The second-order valence-electron chi connectivity index (χ2n) is 3.07. The number of aryl methyl sites for hydroxylation is 1. The van der Waals surface area contributed by atoms with Crippen LogP contribution in [0.2, 0.25) is 0 Å². The first kappa shape index (κ1) is 8.69. The molecule has 3 nitrogen and oxygen atoms in total. The summed E-state index contributed by atoms with van der Waals surface area (Å²) >= 11 is 0. The van der Waals surface area contributed by atoms with Crippen LogP contribution in [0, 0.1) is 12.3 Å². The van der Waals surface area contributed by atoms with Gasteiger partial charge in [0.2, 0.25) is 0 Å². The fraction of sp³-hybridized carbons (Fsp3) is 0.0909. The molecule has 0 aliphatic rings. The van der Waals surface area contributed by atoms with Gasteiger partial charge >= 0.3 is 5.63 Å². The number of benzene rings is 1. The fourth-order valence-corrected chi connectivity index (χ4v) is 1.49. The third kappa shape index (κ3) is 1.14. The maximum atomic E-state index is 11.4. The molecule has 14 heavy (non-hydrogen) atoms. The molecule has 0 radical (unpaired) electrons. The third-order valence-corrected chi connectivity index (χ3v) is 2.26. The quantitative estimate of drug-likeness (QED) is 0.549. The van der Waals surface area contributed by atoms with Gasteiger partial charge in [-0.05, 0) is 18.6 Å². The Kier molecular flexibility index (Phi) is 1.93. The monoisotopic (exact) mass is 187 g/mol. The van der Waals surface area contributed by atoms with Crippen LogP contribution in [-0.2, 0) is 0 Å². The molecular formula is C11H9NO2. The highest BCUT2D eigenvalue weighted by molar-refractivity contribution is 5.89. The van der Waals surface area contributed by atoms with Gasteiger partial charge in [0.1, 0.15) is 5.58 Å². The van der Waals surface area contributed by atoms with E-state index in [1.165, 1.54) is 0 Å². The second-order valence-corrected chi connectivity index (χ2v) is 3.07. The van der Waals surface area contributed by atoms with Gasteiger partial charge in [-0.1, -0.05) is 18.2 Å². The van der Waals surface area contributed by atoms with Crippen molar-refractivity contribution in [2.75, 3.05) is 0 Å². The van der Waals surface area contributed by atoms with E-state index in [4.69, 9.17) is 9.83 Å².